The Hall–Kier alpha value is -0.940. The van der Waals surface area contributed by atoms with Crippen LogP contribution in [0.5, 0.6) is 0 Å². The molecule has 82 valence electrons. The van der Waals surface area contributed by atoms with Crippen molar-refractivity contribution in [3.8, 4) is 0 Å². The van der Waals surface area contributed by atoms with E-state index in [1.807, 2.05) is 0 Å². The van der Waals surface area contributed by atoms with Crippen molar-refractivity contribution in [1.29, 1.82) is 0 Å². The summed E-state index contributed by atoms with van der Waals surface area (Å²) in [6.07, 6.45) is 0.951. The third kappa shape index (κ3) is 1.66. The molecule has 0 aliphatic heterocycles. The number of hydrogen-bond acceptors (Lipinski definition) is 2. The van der Waals surface area contributed by atoms with Crippen molar-refractivity contribution in [3.63, 3.8) is 0 Å². The van der Waals surface area contributed by atoms with E-state index in [1.165, 1.54) is 13.1 Å². The van der Waals surface area contributed by atoms with Gasteiger partial charge < -0.3 is 0 Å². The molecule has 1 N–H and O–H groups in total. The Labute approximate surface area is 88.4 Å². The molecule has 15 heavy (non-hydrogen) atoms. The second-order valence-electron chi connectivity index (χ2n) is 3.58. The van der Waals surface area contributed by atoms with Crippen molar-refractivity contribution >= 4 is 10.0 Å². The van der Waals surface area contributed by atoms with Gasteiger partial charge in [0.1, 0.15) is 11.1 Å². The van der Waals surface area contributed by atoms with Crippen LogP contribution in [-0.4, -0.2) is 15.5 Å². The molecular formula is C10H12FNO2S. The fourth-order valence-corrected chi connectivity index (χ4v) is 3.30. The summed E-state index contributed by atoms with van der Waals surface area (Å²) < 4.78 is 38.9. The van der Waals surface area contributed by atoms with Crippen LogP contribution in [0.15, 0.2) is 18.2 Å². The molecule has 1 atom stereocenters. The maximum Gasteiger partial charge on any atom is 0.218 e. The highest BCUT2D eigenvalue weighted by molar-refractivity contribution is 7.89. The van der Waals surface area contributed by atoms with Crippen LogP contribution in [-0.2, 0) is 16.4 Å². The number of halogens is 1. The first-order valence-electron chi connectivity index (χ1n) is 4.76. The Balaban J connectivity index is 2.51. The smallest absolute Gasteiger partial charge is 0.218 e. The molecule has 1 aliphatic rings. The Morgan fingerprint density at radius 2 is 2.20 bits per heavy atom. The molecule has 5 heteroatoms. The fourth-order valence-electron chi connectivity index (χ4n) is 2.04. The summed E-state index contributed by atoms with van der Waals surface area (Å²) in [5.41, 5.74) is 1.14. The molecule has 1 unspecified atom stereocenters. The lowest BCUT2D eigenvalue weighted by atomic mass is 10.1. The van der Waals surface area contributed by atoms with Gasteiger partial charge in [0.15, 0.2) is 0 Å². The SMILES string of the molecule is CNS(=O)(=O)C1CCc2c(F)cccc21. The quantitative estimate of drug-likeness (QED) is 0.832. The van der Waals surface area contributed by atoms with Gasteiger partial charge in [-0.1, -0.05) is 12.1 Å². The second kappa shape index (κ2) is 3.57. The van der Waals surface area contributed by atoms with Gasteiger partial charge in [0, 0.05) is 0 Å². The lowest BCUT2D eigenvalue weighted by Crippen LogP contribution is -2.24. The molecular weight excluding hydrogens is 217 g/mol. The summed E-state index contributed by atoms with van der Waals surface area (Å²) in [6, 6.07) is 4.61. The molecule has 0 saturated carbocycles. The van der Waals surface area contributed by atoms with Crippen LogP contribution >= 0.6 is 0 Å². The Morgan fingerprint density at radius 3 is 2.87 bits per heavy atom. The van der Waals surface area contributed by atoms with Crippen molar-refractivity contribution in [2.24, 2.45) is 0 Å². The van der Waals surface area contributed by atoms with Crippen LogP contribution in [0.25, 0.3) is 0 Å². The molecule has 2 rings (SSSR count). The van der Waals surface area contributed by atoms with Crippen LogP contribution in [0.4, 0.5) is 4.39 Å². The second-order valence-corrected chi connectivity index (χ2v) is 5.65. The zero-order valence-corrected chi connectivity index (χ0v) is 9.14. The van der Waals surface area contributed by atoms with Gasteiger partial charge in [-0.25, -0.2) is 17.5 Å². The maximum absolute atomic E-state index is 13.3. The average Bonchev–Trinajstić information content (AvgIpc) is 2.63. The van der Waals surface area contributed by atoms with Gasteiger partial charge in [-0.2, -0.15) is 0 Å². The molecule has 3 nitrogen and oxygen atoms in total. The molecule has 0 fully saturated rings. The third-order valence-electron chi connectivity index (χ3n) is 2.82. The summed E-state index contributed by atoms with van der Waals surface area (Å²) in [5, 5.41) is -0.604. The van der Waals surface area contributed by atoms with Crippen LogP contribution < -0.4 is 4.72 Å². The first-order valence-corrected chi connectivity index (χ1v) is 6.30. The van der Waals surface area contributed by atoms with Gasteiger partial charge in [0.05, 0.1) is 0 Å². The van der Waals surface area contributed by atoms with E-state index in [4.69, 9.17) is 0 Å². The Bertz CT molecular complexity index is 484. The van der Waals surface area contributed by atoms with E-state index in [1.54, 1.807) is 12.1 Å². The first kappa shape index (κ1) is 10.6. The maximum atomic E-state index is 13.3. The number of fused-ring (bicyclic) bond motifs is 1. The largest absolute Gasteiger partial charge is 0.218 e. The molecule has 1 aromatic carbocycles. The van der Waals surface area contributed by atoms with Gasteiger partial charge in [0.2, 0.25) is 10.0 Å². The van der Waals surface area contributed by atoms with E-state index in [0.29, 0.717) is 24.0 Å². The molecule has 0 bridgehead atoms. The van der Waals surface area contributed by atoms with Crippen molar-refractivity contribution in [2.45, 2.75) is 18.1 Å². The minimum absolute atomic E-state index is 0.304. The monoisotopic (exact) mass is 229 g/mol. The van der Waals surface area contributed by atoms with E-state index >= 15 is 0 Å². The minimum atomic E-state index is -3.34. The molecule has 0 radical (unpaired) electrons. The molecule has 0 amide bonds. The van der Waals surface area contributed by atoms with Crippen molar-refractivity contribution in [2.75, 3.05) is 7.05 Å². The highest BCUT2D eigenvalue weighted by Gasteiger charge is 2.33. The van der Waals surface area contributed by atoms with Gasteiger partial charge in [-0.05, 0) is 37.1 Å². The number of sulfonamides is 1. The molecule has 1 aliphatic carbocycles. The Morgan fingerprint density at radius 1 is 1.47 bits per heavy atom. The molecule has 0 saturated heterocycles. The summed E-state index contributed by atoms with van der Waals surface area (Å²) >= 11 is 0. The number of hydrogen-bond donors (Lipinski definition) is 1. The number of benzene rings is 1. The van der Waals surface area contributed by atoms with E-state index < -0.39 is 15.3 Å². The fraction of sp³-hybridized carbons (Fsp3) is 0.400. The number of rotatable bonds is 2. The van der Waals surface area contributed by atoms with Gasteiger partial charge >= 0.3 is 0 Å². The van der Waals surface area contributed by atoms with E-state index in [9.17, 15) is 12.8 Å². The zero-order chi connectivity index (χ0) is 11.1. The molecule has 0 spiro atoms. The summed E-state index contributed by atoms with van der Waals surface area (Å²) in [5.74, 6) is -0.304. The average molecular weight is 229 g/mol. The molecule has 0 aromatic heterocycles. The van der Waals surface area contributed by atoms with Crippen LogP contribution in [0.1, 0.15) is 22.8 Å². The molecule has 1 aromatic rings. The van der Waals surface area contributed by atoms with E-state index in [0.717, 1.165) is 0 Å². The molecule has 0 heterocycles. The van der Waals surface area contributed by atoms with E-state index in [2.05, 4.69) is 4.72 Å². The topological polar surface area (TPSA) is 46.2 Å². The minimum Gasteiger partial charge on any atom is -0.218 e. The predicted octanol–water partition coefficient (Wildman–Crippen LogP) is 1.36. The Kier molecular flexibility index (Phi) is 2.52. The van der Waals surface area contributed by atoms with Gasteiger partial charge in [-0.3, -0.25) is 0 Å². The van der Waals surface area contributed by atoms with Crippen molar-refractivity contribution < 1.29 is 12.8 Å². The standard InChI is InChI=1S/C10H12FNO2S/c1-12-15(13,14)10-6-5-7-8(10)3-2-4-9(7)11/h2-4,10,12H,5-6H2,1H3. The van der Waals surface area contributed by atoms with Crippen molar-refractivity contribution in [3.05, 3.63) is 35.1 Å². The van der Waals surface area contributed by atoms with E-state index in [-0.39, 0.29) is 5.82 Å². The summed E-state index contributed by atoms with van der Waals surface area (Å²) in [6.45, 7) is 0. The zero-order valence-electron chi connectivity index (χ0n) is 8.33. The van der Waals surface area contributed by atoms with Gasteiger partial charge in [0.25, 0.3) is 0 Å². The van der Waals surface area contributed by atoms with Crippen LogP contribution in [0.2, 0.25) is 0 Å². The highest BCUT2D eigenvalue weighted by Crippen LogP contribution is 2.37. The predicted molar refractivity (Wildman–Crippen MR) is 55.4 cm³/mol. The normalized spacial score (nSPS) is 20.3. The lowest BCUT2D eigenvalue weighted by Gasteiger charge is -2.11. The van der Waals surface area contributed by atoms with Crippen LogP contribution in [0, 0.1) is 5.82 Å². The lowest BCUT2D eigenvalue weighted by molar-refractivity contribution is 0.572. The van der Waals surface area contributed by atoms with Crippen LogP contribution in [0.3, 0.4) is 0 Å². The highest BCUT2D eigenvalue weighted by atomic mass is 32.2. The first-order chi connectivity index (χ1) is 7.06. The van der Waals surface area contributed by atoms with Crippen molar-refractivity contribution in [1.82, 2.24) is 4.72 Å². The number of nitrogens with one attached hydrogen (secondary N) is 1. The summed E-state index contributed by atoms with van der Waals surface area (Å²) in [4.78, 5) is 0. The third-order valence-corrected chi connectivity index (χ3v) is 4.63. The summed E-state index contributed by atoms with van der Waals surface area (Å²) in [7, 11) is -1.96. The van der Waals surface area contributed by atoms with Gasteiger partial charge in [-0.15, -0.1) is 0 Å².